The Labute approximate surface area is 294 Å². The van der Waals surface area contributed by atoms with Crippen molar-refractivity contribution in [1.29, 1.82) is 0 Å². The van der Waals surface area contributed by atoms with Gasteiger partial charge in [0.2, 0.25) is 5.91 Å². The van der Waals surface area contributed by atoms with Crippen molar-refractivity contribution in [3.63, 3.8) is 0 Å². The van der Waals surface area contributed by atoms with Crippen molar-refractivity contribution in [2.75, 3.05) is 6.61 Å². The average Bonchev–Trinajstić information content (AvgIpc) is 3.40. The van der Waals surface area contributed by atoms with E-state index in [1.807, 2.05) is 30.3 Å². The Hall–Kier alpha value is -4.07. The molecule has 0 unspecified atom stereocenters. The molecule has 49 heavy (non-hydrogen) atoms. The molecule has 0 N–H and O–H groups in total. The van der Waals surface area contributed by atoms with E-state index >= 15 is 0 Å². The Balaban J connectivity index is 1.56. The van der Waals surface area contributed by atoms with Crippen molar-refractivity contribution in [2.24, 2.45) is 5.11 Å². The van der Waals surface area contributed by atoms with Crippen molar-refractivity contribution < 1.29 is 18.8 Å². The first-order valence-electron chi connectivity index (χ1n) is 17.7. The van der Waals surface area contributed by atoms with E-state index in [0.717, 1.165) is 39.3 Å². The fourth-order valence-corrected chi connectivity index (χ4v) is 13.1. The lowest BCUT2D eigenvalue weighted by molar-refractivity contribution is -0.130. The van der Waals surface area contributed by atoms with Gasteiger partial charge in [-0.2, -0.15) is 0 Å². The minimum absolute atomic E-state index is 0.108. The molecule has 1 fully saturated rings. The normalized spacial score (nSPS) is 15.6. The molecule has 9 heteroatoms. The number of cyclic esters (lactones) is 1. The summed E-state index contributed by atoms with van der Waals surface area (Å²) >= 11 is 0. The summed E-state index contributed by atoms with van der Waals surface area (Å²) in [5.41, 5.74) is 18.6. The van der Waals surface area contributed by atoms with Gasteiger partial charge in [-0.15, -0.1) is 0 Å². The van der Waals surface area contributed by atoms with Crippen LogP contribution in [0.1, 0.15) is 100 Å². The van der Waals surface area contributed by atoms with Crippen molar-refractivity contribution in [2.45, 2.75) is 123 Å². The van der Waals surface area contributed by atoms with Crippen LogP contribution in [0.15, 0.2) is 65.8 Å². The molecule has 0 bridgehead atoms. The van der Waals surface area contributed by atoms with Gasteiger partial charge in [-0.3, -0.25) is 4.79 Å². The summed E-state index contributed by atoms with van der Waals surface area (Å²) in [7, 11) is -2.11. The Kier molecular flexibility index (Phi) is 12.4. The minimum atomic E-state index is -2.11. The van der Waals surface area contributed by atoms with Crippen LogP contribution in [0.3, 0.4) is 0 Å². The molecule has 1 aliphatic rings. The molecular weight excluding hydrogens is 629 g/mol. The molecule has 0 aromatic heterocycles. The van der Waals surface area contributed by atoms with Gasteiger partial charge in [-0.05, 0) is 106 Å². The van der Waals surface area contributed by atoms with Gasteiger partial charge < -0.3 is 9.16 Å². The second-order valence-electron chi connectivity index (χ2n) is 14.9. The minimum Gasteiger partial charge on any atom is -0.542 e. The molecule has 0 radical (unpaired) electrons. The van der Waals surface area contributed by atoms with E-state index in [1.165, 1.54) is 16.7 Å². The lowest BCUT2D eigenvalue weighted by Crippen LogP contribution is -2.50. The lowest BCUT2D eigenvalue weighted by Gasteiger charge is -2.43. The average molecular weight is 683 g/mol. The van der Waals surface area contributed by atoms with Crippen LogP contribution in [0.25, 0.3) is 10.4 Å². The molecule has 2 amide bonds. The molecule has 1 aliphatic heterocycles. The highest BCUT2D eigenvalue weighted by atomic mass is 28.4. The molecule has 4 rings (SSSR count). The highest BCUT2D eigenvalue weighted by molar-refractivity contribution is 6.78. The van der Waals surface area contributed by atoms with Gasteiger partial charge in [0.05, 0.1) is 6.04 Å². The topological polar surface area (TPSA) is 105 Å². The van der Waals surface area contributed by atoms with E-state index < -0.39 is 32.4 Å². The third-order valence-corrected chi connectivity index (χ3v) is 16.2. The van der Waals surface area contributed by atoms with Crippen molar-refractivity contribution >= 4 is 20.3 Å². The number of benzene rings is 3. The van der Waals surface area contributed by atoms with E-state index in [1.54, 1.807) is 0 Å². The summed E-state index contributed by atoms with van der Waals surface area (Å²) in [5, 5.41) is 3.85. The fraction of sp³-hybridized carbons (Fsp3) is 0.500. The molecule has 3 aromatic rings. The second-order valence-corrected chi connectivity index (χ2v) is 20.3. The van der Waals surface area contributed by atoms with Crippen molar-refractivity contribution in [3.8, 4) is 5.75 Å². The molecule has 2 atom stereocenters. The number of aryl methyl sites for hydroxylation is 2. The van der Waals surface area contributed by atoms with Gasteiger partial charge in [0.25, 0.3) is 8.32 Å². The Morgan fingerprint density at radius 2 is 1.53 bits per heavy atom. The first kappa shape index (κ1) is 37.7. The number of hydrogen-bond acceptors (Lipinski definition) is 5. The molecule has 0 spiro atoms. The van der Waals surface area contributed by atoms with E-state index in [2.05, 4.69) is 110 Å². The maximum Gasteiger partial charge on any atom is 0.416 e. The largest absolute Gasteiger partial charge is 0.542 e. The Morgan fingerprint density at radius 1 is 0.918 bits per heavy atom. The van der Waals surface area contributed by atoms with E-state index in [4.69, 9.17) is 9.16 Å². The smallest absolute Gasteiger partial charge is 0.416 e. The monoisotopic (exact) mass is 682 g/mol. The van der Waals surface area contributed by atoms with Crippen LogP contribution < -0.4 is 4.43 Å². The zero-order valence-electron chi connectivity index (χ0n) is 31.0. The molecule has 3 aromatic carbocycles. The lowest BCUT2D eigenvalue weighted by atomic mass is 9.90. The van der Waals surface area contributed by atoms with Crippen LogP contribution in [0.4, 0.5) is 4.79 Å². The van der Waals surface area contributed by atoms with Gasteiger partial charge in [-0.25, -0.2) is 9.69 Å². The number of amides is 2. The highest BCUT2D eigenvalue weighted by Crippen LogP contribution is 2.44. The zero-order valence-corrected chi connectivity index (χ0v) is 32.0. The Bertz CT molecular complexity index is 1640. The molecule has 0 saturated carbocycles. The van der Waals surface area contributed by atoms with Gasteiger partial charge in [0.1, 0.15) is 18.4 Å². The molecular formula is C40H54N4O4Si. The van der Waals surface area contributed by atoms with Gasteiger partial charge in [-0.1, -0.05) is 115 Å². The summed E-state index contributed by atoms with van der Waals surface area (Å²) in [6.07, 6.45) is 0.715. The molecule has 1 saturated heterocycles. The molecule has 1 heterocycles. The Morgan fingerprint density at radius 3 is 2.08 bits per heavy atom. The number of ether oxygens (including phenoxy) is 1. The van der Waals surface area contributed by atoms with Crippen LogP contribution in [0.5, 0.6) is 5.75 Å². The molecule has 0 aliphatic carbocycles. The van der Waals surface area contributed by atoms with Crippen LogP contribution in [-0.4, -0.2) is 43.9 Å². The van der Waals surface area contributed by atoms with Crippen LogP contribution in [0.2, 0.25) is 16.6 Å². The summed E-state index contributed by atoms with van der Waals surface area (Å²) in [6, 6.07) is 18.9. The summed E-state index contributed by atoms with van der Waals surface area (Å²) < 4.78 is 12.4. The molecule has 262 valence electrons. The van der Waals surface area contributed by atoms with E-state index in [-0.39, 0.29) is 13.0 Å². The SMILES string of the molecule is Cc1cc(C[C@H](N=[N+]=[N-])C(=O)N2C(=O)OC[C@@H]2Cc2ccccc2)cc(C)c1Cc1ccc(O[Si](C(C)C)(C(C)C)C(C)C)c(C(C)C)c1. The number of carbonyl (C=O) groups excluding carboxylic acids is 2. The van der Waals surface area contributed by atoms with Crippen LogP contribution >= 0.6 is 0 Å². The summed E-state index contributed by atoms with van der Waals surface area (Å²) in [4.78, 5) is 30.5. The van der Waals surface area contributed by atoms with E-state index in [0.29, 0.717) is 29.0 Å². The zero-order chi connectivity index (χ0) is 36.0. The van der Waals surface area contributed by atoms with Gasteiger partial charge in [0.15, 0.2) is 0 Å². The maximum absolute atomic E-state index is 13.7. The number of rotatable bonds is 14. The number of carbonyl (C=O) groups is 2. The maximum atomic E-state index is 13.7. The second kappa shape index (κ2) is 16.1. The molecule has 8 nitrogen and oxygen atoms in total. The summed E-state index contributed by atoms with van der Waals surface area (Å²) in [5.74, 6) is 0.795. The standard InChI is InChI=1S/C40H54N4O4Si/c1-25(2)35-21-32(16-17-38(35)48-49(26(3)4,27(5)6)28(7)8)22-36-29(9)18-33(19-30(36)10)23-37(42-43-41)39(45)44-34(24-47-40(44)46)20-31-14-12-11-13-15-31/h11-19,21,25-28,34,37H,20,22-24H2,1-10H3/t34-,37-/m0/s1. The third-order valence-electron chi connectivity index (χ3n) is 10.2. The highest BCUT2D eigenvalue weighted by Gasteiger charge is 2.47. The number of imide groups is 1. The first-order chi connectivity index (χ1) is 23.2. The van der Waals surface area contributed by atoms with Crippen molar-refractivity contribution in [3.05, 3.63) is 110 Å². The van der Waals surface area contributed by atoms with Gasteiger partial charge in [0, 0.05) is 4.91 Å². The van der Waals surface area contributed by atoms with Gasteiger partial charge >= 0.3 is 6.09 Å². The van der Waals surface area contributed by atoms with Crippen LogP contribution in [-0.2, 0) is 28.8 Å². The summed E-state index contributed by atoms with van der Waals surface area (Å²) in [6.45, 7) is 22.6. The predicted molar refractivity (Wildman–Crippen MR) is 200 cm³/mol. The number of nitrogens with zero attached hydrogens (tertiary/aromatic N) is 4. The number of hydrogen-bond donors (Lipinski definition) is 0. The fourth-order valence-electron chi connectivity index (χ4n) is 7.87. The van der Waals surface area contributed by atoms with E-state index in [9.17, 15) is 15.1 Å². The predicted octanol–water partition coefficient (Wildman–Crippen LogP) is 10.4. The number of azide groups is 1. The first-order valence-corrected chi connectivity index (χ1v) is 19.8. The van der Waals surface area contributed by atoms with Crippen LogP contribution in [0, 0.1) is 13.8 Å². The third kappa shape index (κ3) is 8.39. The quantitative estimate of drug-likeness (QED) is 0.0730. The van der Waals surface area contributed by atoms with Crippen molar-refractivity contribution in [1.82, 2.24) is 4.90 Å².